The SMILES string of the molecule is COc1cc2c(cc1O[C@H](C)O)CCN1C[C@@H](c3cc(C)ccn3)C(N)C[C@H]21. The van der Waals surface area contributed by atoms with Crippen LogP contribution in [0.5, 0.6) is 11.5 Å². The number of aryl methyl sites for hydroxylation is 1. The van der Waals surface area contributed by atoms with Gasteiger partial charge in [0, 0.05) is 43.0 Å². The fraction of sp³-hybridized carbons (Fsp3) is 0.500. The molecule has 2 aromatic rings. The van der Waals surface area contributed by atoms with Gasteiger partial charge in [0.25, 0.3) is 0 Å². The second-order valence-electron chi connectivity index (χ2n) is 7.94. The van der Waals surface area contributed by atoms with Gasteiger partial charge in [0.2, 0.25) is 0 Å². The van der Waals surface area contributed by atoms with Crippen LogP contribution in [0.4, 0.5) is 0 Å². The van der Waals surface area contributed by atoms with Gasteiger partial charge in [-0.15, -0.1) is 0 Å². The van der Waals surface area contributed by atoms with Crippen LogP contribution >= 0.6 is 0 Å². The van der Waals surface area contributed by atoms with E-state index in [0.29, 0.717) is 11.5 Å². The molecule has 4 atom stereocenters. The number of nitrogens with two attached hydrogens (primary N) is 1. The molecular formula is C22H29N3O3. The van der Waals surface area contributed by atoms with Crippen LogP contribution in [-0.2, 0) is 6.42 Å². The zero-order chi connectivity index (χ0) is 19.8. The van der Waals surface area contributed by atoms with Crippen molar-refractivity contribution in [3.05, 3.63) is 52.8 Å². The van der Waals surface area contributed by atoms with Crippen LogP contribution in [0.15, 0.2) is 30.5 Å². The average molecular weight is 383 g/mol. The Bertz CT molecular complexity index is 855. The number of hydrogen-bond donors (Lipinski definition) is 2. The monoisotopic (exact) mass is 383 g/mol. The zero-order valence-corrected chi connectivity index (χ0v) is 16.8. The largest absolute Gasteiger partial charge is 0.493 e. The molecule has 1 saturated heterocycles. The van der Waals surface area contributed by atoms with Crippen molar-refractivity contribution in [1.82, 2.24) is 9.88 Å². The molecular weight excluding hydrogens is 354 g/mol. The highest BCUT2D eigenvalue weighted by atomic mass is 16.6. The Morgan fingerprint density at radius 2 is 2.11 bits per heavy atom. The van der Waals surface area contributed by atoms with Crippen molar-refractivity contribution in [3.8, 4) is 11.5 Å². The molecule has 0 amide bonds. The summed E-state index contributed by atoms with van der Waals surface area (Å²) < 4.78 is 11.1. The number of nitrogens with zero attached hydrogens (tertiary/aromatic N) is 2. The molecule has 0 bridgehead atoms. The van der Waals surface area contributed by atoms with Gasteiger partial charge >= 0.3 is 0 Å². The molecule has 4 rings (SSSR count). The van der Waals surface area contributed by atoms with Crippen molar-refractivity contribution in [2.45, 2.75) is 51.0 Å². The number of piperidine rings is 1. The minimum absolute atomic E-state index is 0.0564. The zero-order valence-electron chi connectivity index (χ0n) is 16.8. The molecule has 3 N–H and O–H groups in total. The molecule has 1 aromatic heterocycles. The van der Waals surface area contributed by atoms with Gasteiger partial charge in [0.05, 0.1) is 7.11 Å². The summed E-state index contributed by atoms with van der Waals surface area (Å²) in [5.41, 5.74) is 11.5. The first kappa shape index (κ1) is 19.2. The number of aliphatic hydroxyl groups excluding tert-OH is 1. The number of ether oxygens (including phenoxy) is 2. The minimum Gasteiger partial charge on any atom is -0.493 e. The normalized spacial score (nSPS) is 25.5. The van der Waals surface area contributed by atoms with Crippen molar-refractivity contribution >= 4 is 0 Å². The van der Waals surface area contributed by atoms with Crippen molar-refractivity contribution in [2.24, 2.45) is 5.73 Å². The Morgan fingerprint density at radius 1 is 1.29 bits per heavy atom. The summed E-state index contributed by atoms with van der Waals surface area (Å²) in [7, 11) is 1.63. The predicted octanol–water partition coefficient (Wildman–Crippen LogP) is 2.53. The molecule has 0 radical (unpaired) electrons. The number of aromatic nitrogens is 1. The molecule has 0 spiro atoms. The van der Waals surface area contributed by atoms with Gasteiger partial charge in [-0.1, -0.05) is 0 Å². The maximum atomic E-state index is 9.60. The Kier molecular flexibility index (Phi) is 5.27. The van der Waals surface area contributed by atoms with Crippen LogP contribution in [-0.4, -0.2) is 47.5 Å². The van der Waals surface area contributed by atoms with Crippen LogP contribution in [0.3, 0.4) is 0 Å². The third-order valence-corrected chi connectivity index (χ3v) is 5.95. The Hall–Kier alpha value is -2.15. The first-order chi connectivity index (χ1) is 13.5. The van der Waals surface area contributed by atoms with E-state index in [0.717, 1.165) is 31.6 Å². The highest BCUT2D eigenvalue weighted by Gasteiger charge is 2.39. The first-order valence-electron chi connectivity index (χ1n) is 9.94. The number of hydrogen-bond acceptors (Lipinski definition) is 6. The summed E-state index contributed by atoms with van der Waals surface area (Å²) in [5, 5.41) is 9.60. The van der Waals surface area contributed by atoms with Gasteiger partial charge in [-0.25, -0.2) is 0 Å². The van der Waals surface area contributed by atoms with E-state index in [1.54, 1.807) is 14.0 Å². The molecule has 0 aliphatic carbocycles. The van der Waals surface area contributed by atoms with Gasteiger partial charge in [-0.2, -0.15) is 0 Å². The van der Waals surface area contributed by atoms with Gasteiger partial charge < -0.3 is 20.3 Å². The number of benzene rings is 1. The van der Waals surface area contributed by atoms with Crippen molar-refractivity contribution in [2.75, 3.05) is 20.2 Å². The quantitative estimate of drug-likeness (QED) is 0.790. The number of fused-ring (bicyclic) bond motifs is 3. The van der Waals surface area contributed by atoms with Gasteiger partial charge in [-0.05, 0) is 67.6 Å². The molecule has 1 unspecified atom stereocenters. The molecule has 2 aliphatic heterocycles. The lowest BCUT2D eigenvalue weighted by Crippen LogP contribution is -2.50. The van der Waals surface area contributed by atoms with Crippen LogP contribution in [0.2, 0.25) is 0 Å². The maximum absolute atomic E-state index is 9.60. The van der Waals surface area contributed by atoms with E-state index in [4.69, 9.17) is 15.2 Å². The van der Waals surface area contributed by atoms with Gasteiger partial charge in [0.1, 0.15) is 0 Å². The van der Waals surface area contributed by atoms with E-state index in [-0.39, 0.29) is 18.0 Å². The van der Waals surface area contributed by atoms with E-state index >= 15 is 0 Å². The molecule has 28 heavy (non-hydrogen) atoms. The lowest BCUT2D eigenvalue weighted by Gasteiger charge is -2.46. The van der Waals surface area contributed by atoms with Gasteiger partial charge in [-0.3, -0.25) is 9.88 Å². The topological polar surface area (TPSA) is 80.8 Å². The Balaban J connectivity index is 1.62. The smallest absolute Gasteiger partial charge is 0.194 e. The second-order valence-corrected chi connectivity index (χ2v) is 7.94. The van der Waals surface area contributed by atoms with E-state index in [9.17, 15) is 5.11 Å². The Morgan fingerprint density at radius 3 is 2.82 bits per heavy atom. The van der Waals surface area contributed by atoms with Crippen molar-refractivity contribution in [3.63, 3.8) is 0 Å². The fourth-order valence-electron chi connectivity index (χ4n) is 4.58. The summed E-state index contributed by atoms with van der Waals surface area (Å²) in [5.74, 6) is 1.49. The summed E-state index contributed by atoms with van der Waals surface area (Å²) in [6.45, 7) is 5.59. The van der Waals surface area contributed by atoms with E-state index in [1.807, 2.05) is 18.3 Å². The summed E-state index contributed by atoms with van der Waals surface area (Å²) in [6, 6.07) is 8.58. The van der Waals surface area contributed by atoms with Crippen LogP contribution in [0, 0.1) is 6.92 Å². The predicted molar refractivity (Wildman–Crippen MR) is 108 cm³/mol. The third kappa shape index (κ3) is 3.60. The lowest BCUT2D eigenvalue weighted by molar-refractivity contribution is -0.00225. The highest BCUT2D eigenvalue weighted by Crippen LogP contribution is 2.44. The lowest BCUT2D eigenvalue weighted by atomic mass is 9.79. The molecule has 3 heterocycles. The summed E-state index contributed by atoms with van der Waals surface area (Å²) in [6.07, 6.45) is 2.82. The van der Waals surface area contributed by atoms with Crippen LogP contribution in [0.1, 0.15) is 47.7 Å². The fourth-order valence-corrected chi connectivity index (χ4v) is 4.58. The molecule has 1 aromatic carbocycles. The number of pyridine rings is 1. The van der Waals surface area contributed by atoms with E-state index in [2.05, 4.69) is 28.9 Å². The van der Waals surface area contributed by atoms with Crippen molar-refractivity contribution < 1.29 is 14.6 Å². The number of aliphatic hydroxyl groups is 1. The first-order valence-corrected chi connectivity index (χ1v) is 9.94. The maximum Gasteiger partial charge on any atom is 0.194 e. The van der Waals surface area contributed by atoms with Crippen LogP contribution in [0.25, 0.3) is 0 Å². The number of rotatable bonds is 4. The van der Waals surface area contributed by atoms with Crippen molar-refractivity contribution in [1.29, 1.82) is 0 Å². The van der Waals surface area contributed by atoms with Crippen LogP contribution < -0.4 is 15.2 Å². The van der Waals surface area contributed by atoms with E-state index in [1.165, 1.54) is 16.7 Å². The highest BCUT2D eigenvalue weighted by molar-refractivity contribution is 5.50. The molecule has 1 fully saturated rings. The average Bonchev–Trinajstić information content (AvgIpc) is 2.66. The van der Waals surface area contributed by atoms with Gasteiger partial charge in [0.15, 0.2) is 17.8 Å². The Labute approximate surface area is 166 Å². The summed E-state index contributed by atoms with van der Waals surface area (Å²) >= 11 is 0. The molecule has 6 heteroatoms. The second kappa shape index (κ2) is 7.70. The molecule has 2 aliphatic rings. The summed E-state index contributed by atoms with van der Waals surface area (Å²) in [4.78, 5) is 7.12. The van der Waals surface area contributed by atoms with E-state index < -0.39 is 6.29 Å². The third-order valence-electron chi connectivity index (χ3n) is 5.95. The standard InChI is InChI=1S/C22H29N3O3/c1-13-4-6-24-19(8-13)17-12-25-7-5-15-9-22(28-14(2)26)21(27-3)10-16(15)20(25)11-18(17)23/h4,6,8-10,14,17-18,20,26H,5,7,11-12,23H2,1-3H3/t14-,17-,18?,20-/m1/s1. The molecule has 6 nitrogen and oxygen atoms in total. The minimum atomic E-state index is -0.877. The molecule has 150 valence electrons. The number of methoxy groups -OCH3 is 1. The molecule has 0 saturated carbocycles.